The lowest BCUT2D eigenvalue weighted by molar-refractivity contribution is 0.0240. The third-order valence-electron chi connectivity index (χ3n) is 5.48. The largest absolute Gasteiger partial charge is 0.444 e. The number of rotatable bonds is 6. The Hall–Kier alpha value is -3.44. The highest BCUT2D eigenvalue weighted by atomic mass is 35.5. The zero-order chi connectivity index (χ0) is 26.6. The van der Waals surface area contributed by atoms with Crippen LogP contribution in [-0.2, 0) is 4.74 Å². The molecule has 3 aromatic rings. The molecule has 0 atom stereocenters. The summed E-state index contributed by atoms with van der Waals surface area (Å²) in [5.74, 6) is 0.285. The van der Waals surface area contributed by atoms with Crippen LogP contribution in [0.25, 0.3) is 5.82 Å². The molecule has 2 amide bonds. The Morgan fingerprint density at radius 1 is 1.05 bits per heavy atom. The van der Waals surface area contributed by atoms with Gasteiger partial charge in [-0.05, 0) is 51.1 Å². The molecule has 1 aliphatic rings. The van der Waals surface area contributed by atoms with Crippen LogP contribution in [-0.4, -0.2) is 69.7 Å². The average Bonchev–Trinajstić information content (AvgIpc) is 3.34. The molecular formula is C25H30ClN7O3S. The van der Waals surface area contributed by atoms with Crippen LogP contribution in [0, 0.1) is 0 Å². The quantitative estimate of drug-likeness (QED) is 0.422. The fourth-order valence-corrected chi connectivity index (χ4v) is 4.37. The maximum atomic E-state index is 12.8. The van der Waals surface area contributed by atoms with Crippen molar-refractivity contribution in [2.75, 3.05) is 47.4 Å². The highest BCUT2D eigenvalue weighted by Crippen LogP contribution is 2.25. The Bertz CT molecular complexity index is 1250. The molecule has 1 aliphatic heterocycles. The van der Waals surface area contributed by atoms with E-state index in [4.69, 9.17) is 16.3 Å². The third kappa shape index (κ3) is 7.07. The maximum absolute atomic E-state index is 12.8. The summed E-state index contributed by atoms with van der Waals surface area (Å²) in [6, 6.07) is 9.07. The summed E-state index contributed by atoms with van der Waals surface area (Å²) in [6.45, 7) is 8.12. The summed E-state index contributed by atoms with van der Waals surface area (Å²) in [6.07, 6.45) is 6.51. The lowest BCUT2D eigenvalue weighted by atomic mass is 10.2. The molecule has 1 fully saturated rings. The normalized spacial score (nSPS) is 13.9. The van der Waals surface area contributed by atoms with Crippen molar-refractivity contribution in [2.45, 2.75) is 26.4 Å². The van der Waals surface area contributed by atoms with Gasteiger partial charge in [0.2, 0.25) is 0 Å². The van der Waals surface area contributed by atoms with E-state index >= 15 is 0 Å². The Morgan fingerprint density at radius 2 is 1.78 bits per heavy atom. The lowest BCUT2D eigenvalue weighted by Crippen LogP contribution is -2.50. The molecule has 1 aromatic carbocycles. The van der Waals surface area contributed by atoms with Crippen molar-refractivity contribution < 1.29 is 14.3 Å². The van der Waals surface area contributed by atoms with E-state index in [-0.39, 0.29) is 12.0 Å². The minimum atomic E-state index is -0.509. The number of nitrogens with zero attached hydrogens (tertiary/aromatic N) is 5. The molecule has 0 bridgehead atoms. The van der Waals surface area contributed by atoms with Gasteiger partial charge in [-0.25, -0.2) is 14.5 Å². The van der Waals surface area contributed by atoms with E-state index in [0.717, 1.165) is 11.4 Å². The van der Waals surface area contributed by atoms with Gasteiger partial charge >= 0.3 is 6.09 Å². The Labute approximate surface area is 225 Å². The summed E-state index contributed by atoms with van der Waals surface area (Å²) in [4.78, 5) is 33.5. The number of hydrogen-bond donors (Lipinski definition) is 2. The van der Waals surface area contributed by atoms with E-state index in [1.54, 1.807) is 40.2 Å². The first-order valence-electron chi connectivity index (χ1n) is 11.8. The van der Waals surface area contributed by atoms with Gasteiger partial charge in [0.25, 0.3) is 5.91 Å². The zero-order valence-electron chi connectivity index (χ0n) is 21.2. The number of hydrogen-bond acceptors (Lipinski definition) is 8. The van der Waals surface area contributed by atoms with E-state index in [1.807, 2.05) is 39.2 Å². The Kier molecular flexibility index (Phi) is 8.13. The summed E-state index contributed by atoms with van der Waals surface area (Å²) in [5.41, 5.74) is 2.21. The van der Waals surface area contributed by atoms with Crippen molar-refractivity contribution in [3.63, 3.8) is 0 Å². The van der Waals surface area contributed by atoms with Crippen LogP contribution in [0.1, 0.15) is 31.1 Å². The van der Waals surface area contributed by atoms with Crippen molar-refractivity contribution in [1.29, 1.82) is 0 Å². The van der Waals surface area contributed by atoms with Gasteiger partial charge in [-0.1, -0.05) is 23.5 Å². The second-order valence-electron chi connectivity index (χ2n) is 9.49. The van der Waals surface area contributed by atoms with Gasteiger partial charge in [0.15, 0.2) is 5.82 Å². The predicted octanol–water partition coefficient (Wildman–Crippen LogP) is 4.92. The van der Waals surface area contributed by atoms with Gasteiger partial charge in [-0.15, -0.1) is 0 Å². The molecule has 3 heterocycles. The fourth-order valence-electron chi connectivity index (χ4n) is 3.78. The van der Waals surface area contributed by atoms with Gasteiger partial charge in [0, 0.05) is 55.0 Å². The van der Waals surface area contributed by atoms with Crippen molar-refractivity contribution in [3.05, 3.63) is 59.5 Å². The first-order chi connectivity index (χ1) is 17.6. The topological polar surface area (TPSA) is 105 Å². The number of pyridine rings is 1. The van der Waals surface area contributed by atoms with E-state index in [0.29, 0.717) is 48.3 Å². The van der Waals surface area contributed by atoms with Crippen molar-refractivity contribution in [1.82, 2.24) is 19.7 Å². The van der Waals surface area contributed by atoms with Crippen LogP contribution in [0.2, 0.25) is 5.02 Å². The number of carbonyl (C=O) groups is 2. The Morgan fingerprint density at radius 3 is 2.43 bits per heavy atom. The molecule has 0 aliphatic carbocycles. The number of ether oxygens (including phenoxy) is 1. The molecule has 0 saturated carbocycles. The Balaban J connectivity index is 1.36. The first-order valence-corrected chi connectivity index (χ1v) is 13.4. The number of piperazine rings is 1. The van der Waals surface area contributed by atoms with E-state index in [9.17, 15) is 9.59 Å². The molecule has 0 spiro atoms. The predicted molar refractivity (Wildman–Crippen MR) is 148 cm³/mol. The van der Waals surface area contributed by atoms with Crippen LogP contribution < -0.4 is 14.9 Å². The number of carbonyl (C=O) groups excluding carboxylic acids is 2. The van der Waals surface area contributed by atoms with E-state index < -0.39 is 5.60 Å². The molecule has 12 heteroatoms. The van der Waals surface area contributed by atoms with Gasteiger partial charge in [0.1, 0.15) is 5.60 Å². The maximum Gasteiger partial charge on any atom is 0.410 e. The summed E-state index contributed by atoms with van der Waals surface area (Å²) in [5, 5.41) is 7.66. The fraction of sp³-hybridized carbons (Fsp3) is 0.360. The molecule has 4 rings (SSSR count). The minimum absolute atomic E-state index is 0.286. The SMILES string of the molecule is CSNc1cc(Cl)cc(NC(=O)c2cnn(-c3ccc(N4CCN(C(=O)OC(C)(C)C)CC4)cn3)c2)c1. The second-order valence-corrected chi connectivity index (χ2v) is 10.5. The number of anilines is 3. The number of aromatic nitrogens is 3. The first kappa shape index (κ1) is 26.6. The molecular weight excluding hydrogens is 514 g/mol. The average molecular weight is 544 g/mol. The van der Waals surface area contributed by atoms with Gasteiger partial charge in [0.05, 0.1) is 23.6 Å². The van der Waals surface area contributed by atoms with Crippen LogP contribution >= 0.6 is 23.5 Å². The van der Waals surface area contributed by atoms with E-state index in [1.165, 1.54) is 18.1 Å². The number of benzene rings is 1. The van der Waals surface area contributed by atoms with Crippen molar-refractivity contribution in [3.8, 4) is 5.82 Å². The minimum Gasteiger partial charge on any atom is -0.444 e. The smallest absolute Gasteiger partial charge is 0.410 e. The van der Waals surface area contributed by atoms with Gasteiger partial charge in [-0.3, -0.25) is 4.79 Å². The van der Waals surface area contributed by atoms with Gasteiger partial charge in [-0.2, -0.15) is 5.10 Å². The van der Waals surface area contributed by atoms with Crippen molar-refractivity contribution in [2.24, 2.45) is 0 Å². The monoisotopic (exact) mass is 543 g/mol. The number of nitrogens with one attached hydrogen (secondary N) is 2. The van der Waals surface area contributed by atoms with Crippen LogP contribution in [0.3, 0.4) is 0 Å². The van der Waals surface area contributed by atoms with Crippen LogP contribution in [0.4, 0.5) is 21.9 Å². The molecule has 1 saturated heterocycles. The molecule has 10 nitrogen and oxygen atoms in total. The van der Waals surface area contributed by atoms with Crippen LogP contribution in [0.5, 0.6) is 0 Å². The number of halogens is 1. The van der Waals surface area contributed by atoms with Crippen LogP contribution in [0.15, 0.2) is 48.9 Å². The zero-order valence-corrected chi connectivity index (χ0v) is 22.8. The van der Waals surface area contributed by atoms with Crippen molar-refractivity contribution >= 4 is 52.6 Å². The molecule has 2 aromatic heterocycles. The summed E-state index contributed by atoms with van der Waals surface area (Å²) in [7, 11) is 0. The van der Waals surface area contributed by atoms with Gasteiger partial charge < -0.3 is 24.6 Å². The third-order valence-corrected chi connectivity index (χ3v) is 6.14. The summed E-state index contributed by atoms with van der Waals surface area (Å²) >= 11 is 7.60. The standard InChI is InChI=1S/C25H30ClN7O3S/c1-25(2,3)36-24(35)32-9-7-31(8-10-32)21-5-6-22(27-15-21)33-16-17(14-28-33)23(34)29-19-11-18(26)12-20(13-19)30-37-4/h5-6,11-16,30H,7-10H2,1-4H3,(H,29,34). The highest BCUT2D eigenvalue weighted by Gasteiger charge is 2.26. The summed E-state index contributed by atoms with van der Waals surface area (Å²) < 4.78 is 10.1. The molecule has 0 radical (unpaired) electrons. The molecule has 0 unspecified atom stereocenters. The second kappa shape index (κ2) is 11.3. The molecule has 196 valence electrons. The highest BCUT2D eigenvalue weighted by molar-refractivity contribution is 7.99. The number of amides is 2. The van der Waals surface area contributed by atoms with E-state index in [2.05, 4.69) is 25.0 Å². The lowest BCUT2D eigenvalue weighted by Gasteiger charge is -2.36. The molecule has 37 heavy (non-hydrogen) atoms. The molecule has 2 N–H and O–H groups in total.